The van der Waals surface area contributed by atoms with Crippen LogP contribution in [0.1, 0.15) is 11.5 Å². The zero-order valence-electron chi connectivity index (χ0n) is 16.7. The number of benzene rings is 2. The van der Waals surface area contributed by atoms with Crippen molar-refractivity contribution in [2.24, 2.45) is 0 Å². The Morgan fingerprint density at radius 2 is 1.70 bits per heavy atom. The summed E-state index contributed by atoms with van der Waals surface area (Å²) < 4.78 is 10.6. The summed E-state index contributed by atoms with van der Waals surface area (Å²) in [4.78, 5) is 19.9. The predicted molar refractivity (Wildman–Crippen MR) is 110 cm³/mol. The second-order valence-corrected chi connectivity index (χ2v) is 7.18. The number of ether oxygens (including phenoxy) is 1. The third kappa shape index (κ3) is 4.64. The summed E-state index contributed by atoms with van der Waals surface area (Å²) in [6.45, 7) is 4.48. The van der Waals surface area contributed by atoms with Gasteiger partial charge in [0, 0.05) is 49.9 Å². The molecule has 0 radical (unpaired) electrons. The highest BCUT2D eigenvalue weighted by atomic mass is 16.6. The van der Waals surface area contributed by atoms with Crippen molar-refractivity contribution < 1.29 is 14.2 Å². The Morgan fingerprint density at radius 3 is 2.37 bits per heavy atom. The van der Waals surface area contributed by atoms with E-state index in [0.717, 1.165) is 43.1 Å². The van der Waals surface area contributed by atoms with Gasteiger partial charge in [-0.25, -0.2) is 0 Å². The molecule has 3 aromatic rings. The lowest BCUT2D eigenvalue weighted by atomic mass is 10.1. The third-order valence-electron chi connectivity index (χ3n) is 5.22. The molecule has 156 valence electrons. The van der Waals surface area contributed by atoms with Crippen LogP contribution in [-0.4, -0.2) is 58.2 Å². The molecule has 1 aliphatic heterocycles. The van der Waals surface area contributed by atoms with Crippen LogP contribution < -0.4 is 4.74 Å². The zero-order chi connectivity index (χ0) is 20.9. The van der Waals surface area contributed by atoms with Gasteiger partial charge in [0.05, 0.1) is 18.6 Å². The van der Waals surface area contributed by atoms with Gasteiger partial charge in [0.15, 0.2) is 0 Å². The van der Waals surface area contributed by atoms with E-state index in [2.05, 4.69) is 19.9 Å². The lowest BCUT2D eigenvalue weighted by molar-refractivity contribution is -0.385. The number of para-hydroxylation sites is 1. The van der Waals surface area contributed by atoms with Gasteiger partial charge in [-0.15, -0.1) is 0 Å². The van der Waals surface area contributed by atoms with E-state index in [9.17, 15) is 10.1 Å². The van der Waals surface area contributed by atoms with E-state index in [1.807, 2.05) is 36.4 Å². The van der Waals surface area contributed by atoms with Crippen molar-refractivity contribution in [3.05, 3.63) is 70.1 Å². The number of nitro benzene ring substituents is 1. The molecule has 0 spiro atoms. The molecule has 1 aromatic heterocycles. The largest absolute Gasteiger partial charge is 0.497 e. The molecule has 0 saturated carbocycles. The Bertz CT molecular complexity index is 997. The Labute approximate surface area is 174 Å². The second kappa shape index (κ2) is 9.02. The molecule has 1 aliphatic rings. The van der Waals surface area contributed by atoms with E-state index in [-0.39, 0.29) is 10.6 Å². The van der Waals surface area contributed by atoms with Crippen LogP contribution in [0.25, 0.3) is 11.4 Å². The maximum Gasteiger partial charge on any atom is 0.273 e. The summed E-state index contributed by atoms with van der Waals surface area (Å²) in [5.41, 5.74) is 1.80. The Morgan fingerprint density at radius 1 is 1.03 bits per heavy atom. The number of nitro groups is 1. The molecule has 0 atom stereocenters. The van der Waals surface area contributed by atoms with Crippen LogP contribution in [0.15, 0.2) is 53.1 Å². The van der Waals surface area contributed by atoms with Gasteiger partial charge in [0.1, 0.15) is 5.75 Å². The van der Waals surface area contributed by atoms with Crippen LogP contribution in [-0.2, 0) is 13.1 Å². The van der Waals surface area contributed by atoms with Gasteiger partial charge in [-0.1, -0.05) is 23.4 Å². The van der Waals surface area contributed by atoms with Gasteiger partial charge in [0.25, 0.3) is 5.69 Å². The fraction of sp³-hybridized carbons (Fsp3) is 0.333. The average Bonchev–Trinajstić information content (AvgIpc) is 3.24. The minimum atomic E-state index is -0.318. The number of hydrogen-bond donors (Lipinski definition) is 0. The topological polar surface area (TPSA) is 97.8 Å². The van der Waals surface area contributed by atoms with E-state index in [1.165, 1.54) is 0 Å². The Balaban J connectivity index is 1.31. The molecule has 9 nitrogen and oxygen atoms in total. The van der Waals surface area contributed by atoms with Gasteiger partial charge in [-0.3, -0.25) is 19.9 Å². The lowest BCUT2D eigenvalue weighted by Gasteiger charge is -2.33. The minimum absolute atomic E-state index is 0.178. The van der Waals surface area contributed by atoms with Gasteiger partial charge >= 0.3 is 0 Å². The molecule has 0 amide bonds. The van der Waals surface area contributed by atoms with Crippen LogP contribution in [0.4, 0.5) is 5.69 Å². The summed E-state index contributed by atoms with van der Waals surface area (Å²) in [6, 6.07) is 14.4. The van der Waals surface area contributed by atoms with E-state index >= 15 is 0 Å². The van der Waals surface area contributed by atoms with Gasteiger partial charge in [0.2, 0.25) is 11.7 Å². The standard InChI is InChI=1S/C21H23N5O4/c1-29-18-8-6-16(7-9-18)21-22-20(30-23-21)15-25-12-10-24(11-13-25)14-17-4-2-3-5-19(17)26(27)28/h2-9H,10-15H2,1H3. The molecule has 2 heterocycles. The third-order valence-corrected chi connectivity index (χ3v) is 5.22. The fourth-order valence-corrected chi connectivity index (χ4v) is 3.54. The highest BCUT2D eigenvalue weighted by Gasteiger charge is 2.22. The fourth-order valence-electron chi connectivity index (χ4n) is 3.54. The van der Waals surface area contributed by atoms with Crippen LogP contribution in [0.3, 0.4) is 0 Å². The first-order valence-electron chi connectivity index (χ1n) is 9.76. The monoisotopic (exact) mass is 409 g/mol. The normalized spacial score (nSPS) is 15.2. The van der Waals surface area contributed by atoms with Crippen LogP contribution >= 0.6 is 0 Å². The molecular weight excluding hydrogens is 386 g/mol. The van der Waals surface area contributed by atoms with E-state index in [1.54, 1.807) is 19.2 Å². The number of piperazine rings is 1. The molecule has 2 aromatic carbocycles. The van der Waals surface area contributed by atoms with Gasteiger partial charge in [-0.05, 0) is 24.3 Å². The smallest absolute Gasteiger partial charge is 0.273 e. The highest BCUT2D eigenvalue weighted by molar-refractivity contribution is 5.55. The quantitative estimate of drug-likeness (QED) is 0.434. The molecule has 1 fully saturated rings. The average molecular weight is 409 g/mol. The molecule has 0 unspecified atom stereocenters. The minimum Gasteiger partial charge on any atom is -0.497 e. The molecule has 30 heavy (non-hydrogen) atoms. The zero-order valence-corrected chi connectivity index (χ0v) is 16.7. The number of rotatable bonds is 7. The van der Waals surface area contributed by atoms with E-state index < -0.39 is 0 Å². The maximum atomic E-state index is 11.2. The first-order chi connectivity index (χ1) is 14.6. The molecule has 4 rings (SSSR count). The van der Waals surface area contributed by atoms with Crippen molar-refractivity contribution >= 4 is 5.69 Å². The number of methoxy groups -OCH3 is 1. The number of aromatic nitrogens is 2. The summed E-state index contributed by atoms with van der Waals surface area (Å²) in [5.74, 6) is 1.91. The van der Waals surface area contributed by atoms with Crippen LogP contribution in [0, 0.1) is 10.1 Å². The van der Waals surface area contributed by atoms with Crippen molar-refractivity contribution in [2.75, 3.05) is 33.3 Å². The van der Waals surface area contributed by atoms with Crippen molar-refractivity contribution in [1.82, 2.24) is 19.9 Å². The number of nitrogens with zero attached hydrogens (tertiary/aromatic N) is 5. The lowest BCUT2D eigenvalue weighted by Crippen LogP contribution is -2.45. The summed E-state index contributed by atoms with van der Waals surface area (Å²) >= 11 is 0. The first-order valence-corrected chi connectivity index (χ1v) is 9.76. The van der Waals surface area contributed by atoms with Crippen molar-refractivity contribution in [3.8, 4) is 17.1 Å². The maximum absolute atomic E-state index is 11.2. The van der Waals surface area contributed by atoms with Gasteiger partial charge < -0.3 is 9.26 Å². The molecule has 0 bridgehead atoms. The van der Waals surface area contributed by atoms with E-state index in [4.69, 9.17) is 9.26 Å². The summed E-state index contributed by atoms with van der Waals surface area (Å²) in [5, 5.41) is 15.3. The summed E-state index contributed by atoms with van der Waals surface area (Å²) in [7, 11) is 1.63. The van der Waals surface area contributed by atoms with E-state index in [0.29, 0.717) is 24.8 Å². The van der Waals surface area contributed by atoms with Crippen molar-refractivity contribution in [3.63, 3.8) is 0 Å². The number of hydrogen-bond acceptors (Lipinski definition) is 8. The Hall–Kier alpha value is -3.30. The summed E-state index contributed by atoms with van der Waals surface area (Å²) in [6.07, 6.45) is 0. The molecular formula is C21H23N5O4. The van der Waals surface area contributed by atoms with Gasteiger partial charge in [-0.2, -0.15) is 4.98 Å². The Kier molecular flexibility index (Phi) is 6.01. The molecule has 0 N–H and O–H groups in total. The van der Waals surface area contributed by atoms with Crippen LogP contribution in [0.5, 0.6) is 5.75 Å². The second-order valence-electron chi connectivity index (χ2n) is 7.18. The van der Waals surface area contributed by atoms with Crippen molar-refractivity contribution in [2.45, 2.75) is 13.1 Å². The highest BCUT2D eigenvalue weighted by Crippen LogP contribution is 2.22. The molecule has 9 heteroatoms. The van der Waals surface area contributed by atoms with Crippen LogP contribution in [0.2, 0.25) is 0 Å². The van der Waals surface area contributed by atoms with Crippen molar-refractivity contribution in [1.29, 1.82) is 0 Å². The SMILES string of the molecule is COc1ccc(-c2noc(CN3CCN(Cc4ccccc4[N+](=O)[O-])CC3)n2)cc1. The first kappa shape index (κ1) is 20.0. The molecule has 0 aliphatic carbocycles. The molecule has 1 saturated heterocycles. The predicted octanol–water partition coefficient (Wildman–Crippen LogP) is 2.97.